The van der Waals surface area contributed by atoms with Crippen LogP contribution < -0.4 is 9.62 Å². The molecule has 2 saturated heterocycles. The molecule has 1 aromatic carbocycles. The number of anilines is 2. The monoisotopic (exact) mass is 472 g/mol. The molecule has 2 aromatic rings. The van der Waals surface area contributed by atoms with Crippen LogP contribution in [0.3, 0.4) is 0 Å². The second-order valence-corrected chi connectivity index (χ2v) is 10.9. The molecule has 0 saturated carbocycles. The van der Waals surface area contributed by atoms with E-state index in [0.29, 0.717) is 17.3 Å². The van der Waals surface area contributed by atoms with Gasteiger partial charge in [0.1, 0.15) is 11.4 Å². The Hall–Kier alpha value is -2.65. The molecule has 0 unspecified atom stereocenters. The third kappa shape index (κ3) is 5.47. The summed E-state index contributed by atoms with van der Waals surface area (Å²) < 4.78 is 28.3. The van der Waals surface area contributed by atoms with Gasteiger partial charge in [-0.3, -0.25) is 4.72 Å². The zero-order chi connectivity index (χ0) is 23.6. The van der Waals surface area contributed by atoms with E-state index in [1.54, 1.807) is 25.1 Å². The van der Waals surface area contributed by atoms with Crippen molar-refractivity contribution in [3.8, 4) is 0 Å². The Bertz CT molecular complexity index is 1130. The fraction of sp³-hybridized carbons (Fsp3) is 0.500. The average molecular weight is 473 g/mol. The van der Waals surface area contributed by atoms with Crippen LogP contribution in [0.1, 0.15) is 47.2 Å². The Morgan fingerprint density at radius 1 is 1.15 bits per heavy atom. The van der Waals surface area contributed by atoms with Crippen molar-refractivity contribution in [3.63, 3.8) is 0 Å². The lowest BCUT2D eigenvalue weighted by Gasteiger charge is -2.36. The van der Waals surface area contributed by atoms with E-state index in [1.807, 2.05) is 11.8 Å². The maximum atomic E-state index is 12.9. The van der Waals surface area contributed by atoms with Gasteiger partial charge in [0.05, 0.1) is 16.8 Å². The molecular weight excluding hydrogens is 440 g/mol. The van der Waals surface area contributed by atoms with E-state index in [2.05, 4.69) is 14.6 Å². The van der Waals surface area contributed by atoms with Crippen molar-refractivity contribution in [3.05, 3.63) is 47.2 Å². The number of sulfonamides is 1. The number of pyridine rings is 1. The van der Waals surface area contributed by atoms with E-state index in [0.717, 1.165) is 51.1 Å². The minimum Gasteiger partial charge on any atom is -0.478 e. The van der Waals surface area contributed by atoms with Crippen molar-refractivity contribution in [2.45, 2.75) is 44.4 Å². The van der Waals surface area contributed by atoms with Crippen molar-refractivity contribution in [1.82, 2.24) is 9.88 Å². The smallest absolute Gasteiger partial charge is 0.339 e. The molecule has 3 heterocycles. The maximum absolute atomic E-state index is 12.9. The van der Waals surface area contributed by atoms with Crippen molar-refractivity contribution >= 4 is 27.5 Å². The van der Waals surface area contributed by atoms with E-state index in [9.17, 15) is 18.3 Å². The topological polar surface area (TPSA) is 103 Å². The molecule has 2 aliphatic heterocycles. The fourth-order valence-corrected chi connectivity index (χ4v) is 6.23. The van der Waals surface area contributed by atoms with Crippen molar-refractivity contribution in [2.75, 3.05) is 42.3 Å². The number of aryl methyl sites for hydroxylation is 2. The third-order valence-electron chi connectivity index (χ3n) is 6.50. The molecule has 0 aliphatic carbocycles. The summed E-state index contributed by atoms with van der Waals surface area (Å²) >= 11 is 0. The number of carboxylic acid groups (broad SMARTS) is 1. The van der Waals surface area contributed by atoms with E-state index in [-0.39, 0.29) is 16.1 Å². The lowest BCUT2D eigenvalue weighted by atomic mass is 9.97. The molecule has 8 nitrogen and oxygen atoms in total. The first-order chi connectivity index (χ1) is 15.7. The largest absolute Gasteiger partial charge is 0.478 e. The predicted molar refractivity (Wildman–Crippen MR) is 129 cm³/mol. The average Bonchev–Trinajstić information content (AvgIpc) is 3.26. The molecule has 2 N–H and O–H groups in total. The number of hydrogen-bond acceptors (Lipinski definition) is 6. The van der Waals surface area contributed by atoms with Crippen molar-refractivity contribution < 1.29 is 18.3 Å². The number of benzene rings is 1. The number of carbonyl (C=O) groups is 1. The van der Waals surface area contributed by atoms with Crippen LogP contribution in [0.25, 0.3) is 0 Å². The third-order valence-corrected chi connectivity index (χ3v) is 8.04. The Balaban J connectivity index is 1.54. The molecule has 178 valence electrons. The van der Waals surface area contributed by atoms with Crippen LogP contribution in [0.5, 0.6) is 0 Å². The molecule has 9 heteroatoms. The number of likely N-dealkylation sites (tertiary alicyclic amines) is 1. The summed E-state index contributed by atoms with van der Waals surface area (Å²) in [5.74, 6) is -0.238. The number of rotatable bonds is 7. The molecule has 0 amide bonds. The highest BCUT2D eigenvalue weighted by atomic mass is 32.2. The van der Waals surface area contributed by atoms with E-state index >= 15 is 0 Å². The Morgan fingerprint density at radius 3 is 2.61 bits per heavy atom. The lowest BCUT2D eigenvalue weighted by molar-refractivity contribution is 0.0697. The molecule has 33 heavy (non-hydrogen) atoms. The van der Waals surface area contributed by atoms with Crippen LogP contribution in [0.15, 0.2) is 35.4 Å². The van der Waals surface area contributed by atoms with Gasteiger partial charge in [-0.2, -0.15) is 0 Å². The molecule has 0 spiro atoms. The van der Waals surface area contributed by atoms with Crippen LogP contribution >= 0.6 is 0 Å². The molecule has 1 aromatic heterocycles. The summed E-state index contributed by atoms with van der Waals surface area (Å²) in [5, 5.41) is 9.85. The molecular formula is C24H32N4O4S. The number of carboxylic acids is 1. The van der Waals surface area contributed by atoms with Gasteiger partial charge in [-0.05, 0) is 76.2 Å². The summed E-state index contributed by atoms with van der Waals surface area (Å²) in [6, 6.07) is 6.46. The van der Waals surface area contributed by atoms with Crippen molar-refractivity contribution in [1.29, 1.82) is 0 Å². The van der Waals surface area contributed by atoms with Crippen molar-refractivity contribution in [2.24, 2.45) is 5.92 Å². The van der Waals surface area contributed by atoms with E-state index in [1.165, 1.54) is 25.1 Å². The molecule has 0 bridgehead atoms. The van der Waals surface area contributed by atoms with Gasteiger partial charge < -0.3 is 14.9 Å². The quantitative estimate of drug-likeness (QED) is 0.636. The van der Waals surface area contributed by atoms with Gasteiger partial charge in [0.15, 0.2) is 0 Å². The maximum Gasteiger partial charge on any atom is 0.339 e. The van der Waals surface area contributed by atoms with Crippen LogP contribution in [0, 0.1) is 19.8 Å². The summed E-state index contributed by atoms with van der Waals surface area (Å²) in [5.41, 5.74) is 1.75. The zero-order valence-corrected chi connectivity index (χ0v) is 20.1. The van der Waals surface area contributed by atoms with Gasteiger partial charge in [-0.1, -0.05) is 17.7 Å². The normalized spacial score (nSPS) is 19.6. The summed E-state index contributed by atoms with van der Waals surface area (Å²) in [6.45, 7) is 8.46. The molecule has 4 rings (SSSR count). The number of aromatic nitrogens is 1. The van der Waals surface area contributed by atoms with E-state index in [4.69, 9.17) is 0 Å². The molecule has 2 fully saturated rings. The second kappa shape index (κ2) is 9.69. The Kier molecular flexibility index (Phi) is 6.90. The van der Waals surface area contributed by atoms with Gasteiger partial charge in [0, 0.05) is 19.6 Å². The highest BCUT2D eigenvalue weighted by molar-refractivity contribution is 7.92. The molecule has 1 atom stereocenters. The van der Waals surface area contributed by atoms with Gasteiger partial charge in [-0.15, -0.1) is 0 Å². The highest BCUT2D eigenvalue weighted by Crippen LogP contribution is 2.29. The predicted octanol–water partition coefficient (Wildman–Crippen LogP) is 3.51. The number of aromatic carboxylic acids is 1. The van der Waals surface area contributed by atoms with Crippen LogP contribution in [-0.2, 0) is 10.0 Å². The van der Waals surface area contributed by atoms with Gasteiger partial charge in [-0.25, -0.2) is 18.2 Å². The van der Waals surface area contributed by atoms with Crippen LogP contribution in [0.4, 0.5) is 11.5 Å². The minimum atomic E-state index is -3.87. The summed E-state index contributed by atoms with van der Waals surface area (Å²) in [7, 11) is -3.87. The van der Waals surface area contributed by atoms with E-state index < -0.39 is 16.0 Å². The Morgan fingerprint density at radius 2 is 1.91 bits per heavy atom. The lowest BCUT2D eigenvalue weighted by Crippen LogP contribution is -2.41. The van der Waals surface area contributed by atoms with Crippen LogP contribution in [-0.4, -0.2) is 62.1 Å². The SMILES string of the molecule is Cc1ccc(S(=O)(=O)Nc2cnc(N3CCC[C@@H](CN4CCCC4)C3)c(C(=O)O)c2)c(C)c1. The Labute approximate surface area is 195 Å². The highest BCUT2D eigenvalue weighted by Gasteiger charge is 2.27. The summed E-state index contributed by atoms with van der Waals surface area (Å²) in [6.07, 6.45) is 6.03. The number of nitrogens with one attached hydrogen (secondary N) is 1. The number of hydrogen-bond donors (Lipinski definition) is 2. The first-order valence-corrected chi connectivity index (χ1v) is 13.0. The van der Waals surface area contributed by atoms with Gasteiger partial charge in [0.2, 0.25) is 0 Å². The second-order valence-electron chi connectivity index (χ2n) is 9.24. The first-order valence-electron chi connectivity index (χ1n) is 11.5. The van der Waals surface area contributed by atoms with Gasteiger partial charge in [0.25, 0.3) is 10.0 Å². The fourth-order valence-electron chi connectivity index (χ4n) is 4.97. The first kappa shape index (κ1) is 23.5. The molecule has 0 radical (unpaired) electrons. The van der Waals surface area contributed by atoms with Gasteiger partial charge >= 0.3 is 5.97 Å². The van der Waals surface area contributed by atoms with Crippen LogP contribution in [0.2, 0.25) is 0 Å². The zero-order valence-electron chi connectivity index (χ0n) is 19.2. The molecule has 2 aliphatic rings. The summed E-state index contributed by atoms with van der Waals surface area (Å²) in [4.78, 5) is 21.2. The minimum absolute atomic E-state index is 0.0117. The standard InChI is InChI=1S/C24H32N4O4S/c1-17-7-8-22(18(2)12-17)33(31,32)26-20-13-21(24(29)30)23(25-14-20)28-11-5-6-19(16-28)15-27-9-3-4-10-27/h7-8,12-14,19,26H,3-6,9-11,15-16H2,1-2H3,(H,29,30)/t19-/m0/s1. The number of piperidine rings is 1. The number of nitrogens with zero attached hydrogens (tertiary/aromatic N) is 3.